The Morgan fingerprint density at radius 1 is 1.26 bits per heavy atom. The van der Waals surface area contributed by atoms with Gasteiger partial charge in [-0.15, -0.1) is 0 Å². The van der Waals surface area contributed by atoms with Crippen molar-refractivity contribution in [1.82, 2.24) is 19.4 Å². The summed E-state index contributed by atoms with van der Waals surface area (Å²) < 4.78 is 14.3. The zero-order valence-corrected chi connectivity index (χ0v) is 21.2. The average molecular weight is 477 g/mol. The lowest BCUT2D eigenvalue weighted by Crippen LogP contribution is -2.46. The quantitative estimate of drug-likeness (QED) is 0.580. The van der Waals surface area contributed by atoms with Crippen LogP contribution in [0.5, 0.6) is 5.75 Å². The summed E-state index contributed by atoms with van der Waals surface area (Å²) in [4.78, 5) is 14.6. The van der Waals surface area contributed by atoms with Gasteiger partial charge >= 0.3 is 0 Å². The summed E-state index contributed by atoms with van der Waals surface area (Å²) in [6.07, 6.45) is 4.57. The lowest BCUT2D eigenvalue weighted by atomic mass is 10.1. The van der Waals surface area contributed by atoms with Gasteiger partial charge in [-0.1, -0.05) is 6.58 Å². The third-order valence-electron chi connectivity index (χ3n) is 7.15. The molecule has 2 N–H and O–H groups in total. The van der Waals surface area contributed by atoms with Crippen LogP contribution in [0.4, 0.5) is 5.82 Å². The molecule has 2 fully saturated rings. The first kappa shape index (κ1) is 23.6. The standard InChI is InChI=1S/C27H36N6O2/c1-17-7-6-10-32(17)25-9-8-20(13-29-25)27-30-23-11-21(19(3)28)12-24(34-5)26(23)33(27)16-22-15-31(4)14-18(2)35-22/h8-9,11-13,17-18,22H,3,6-7,10,14-16,28H2,1-2,4-5H3/t17-,18-,22-/m0/s1. The molecule has 0 aliphatic carbocycles. The highest BCUT2D eigenvalue weighted by Crippen LogP contribution is 2.35. The highest BCUT2D eigenvalue weighted by atomic mass is 16.5. The van der Waals surface area contributed by atoms with Crippen molar-refractivity contribution < 1.29 is 9.47 Å². The van der Waals surface area contributed by atoms with E-state index in [1.54, 1.807) is 7.11 Å². The van der Waals surface area contributed by atoms with Gasteiger partial charge in [0.05, 0.1) is 31.4 Å². The van der Waals surface area contributed by atoms with Gasteiger partial charge < -0.3 is 29.6 Å². The second kappa shape index (κ2) is 9.51. The first-order valence-electron chi connectivity index (χ1n) is 12.4. The number of benzene rings is 1. The minimum Gasteiger partial charge on any atom is -0.494 e. The van der Waals surface area contributed by atoms with E-state index in [0.29, 0.717) is 18.3 Å². The van der Waals surface area contributed by atoms with E-state index in [-0.39, 0.29) is 12.2 Å². The number of morpholine rings is 1. The molecule has 0 bridgehead atoms. The van der Waals surface area contributed by atoms with Gasteiger partial charge in [0.25, 0.3) is 0 Å². The SMILES string of the molecule is C=C(N)c1cc(OC)c2c(c1)nc(-c1ccc(N3CCC[C@@H]3C)nc1)n2C[C@@H]1CN(C)C[C@H](C)O1. The number of ether oxygens (including phenoxy) is 2. The zero-order valence-electron chi connectivity index (χ0n) is 21.2. The molecule has 1 aromatic carbocycles. The number of rotatable bonds is 6. The Kier molecular flexibility index (Phi) is 6.42. The molecule has 0 radical (unpaired) electrons. The summed E-state index contributed by atoms with van der Waals surface area (Å²) in [5.41, 5.74) is 10.0. The number of likely N-dealkylation sites (N-methyl/N-ethyl adjacent to an activating group) is 1. The molecule has 3 atom stereocenters. The Balaban J connectivity index is 1.60. The van der Waals surface area contributed by atoms with E-state index in [4.69, 9.17) is 25.2 Å². The first-order chi connectivity index (χ1) is 16.8. The van der Waals surface area contributed by atoms with Crippen molar-refractivity contribution in [1.29, 1.82) is 0 Å². The van der Waals surface area contributed by atoms with E-state index in [1.807, 2.05) is 18.3 Å². The van der Waals surface area contributed by atoms with E-state index in [9.17, 15) is 0 Å². The van der Waals surface area contributed by atoms with Gasteiger partial charge in [0.15, 0.2) is 0 Å². The van der Waals surface area contributed by atoms with Crippen LogP contribution in [0, 0.1) is 0 Å². The number of hydrogen-bond donors (Lipinski definition) is 1. The van der Waals surface area contributed by atoms with Crippen LogP contribution in [0.3, 0.4) is 0 Å². The lowest BCUT2D eigenvalue weighted by Gasteiger charge is -2.35. The van der Waals surface area contributed by atoms with Gasteiger partial charge in [-0.05, 0) is 58.0 Å². The van der Waals surface area contributed by atoms with E-state index in [0.717, 1.165) is 59.2 Å². The molecule has 186 valence electrons. The molecule has 3 aromatic rings. The van der Waals surface area contributed by atoms with Crippen molar-refractivity contribution >= 4 is 22.5 Å². The number of methoxy groups -OCH3 is 1. The second-order valence-electron chi connectivity index (χ2n) is 10.00. The molecule has 0 unspecified atom stereocenters. The number of hydrogen-bond acceptors (Lipinski definition) is 7. The van der Waals surface area contributed by atoms with Crippen molar-refractivity contribution in [3.8, 4) is 17.1 Å². The molecule has 0 saturated carbocycles. The summed E-state index contributed by atoms with van der Waals surface area (Å²) in [5, 5.41) is 0. The maximum absolute atomic E-state index is 6.32. The molecule has 0 spiro atoms. The summed E-state index contributed by atoms with van der Waals surface area (Å²) in [5.74, 6) is 2.58. The van der Waals surface area contributed by atoms with Crippen molar-refractivity contribution in [2.24, 2.45) is 5.73 Å². The van der Waals surface area contributed by atoms with Gasteiger partial charge in [0.1, 0.15) is 22.9 Å². The minimum absolute atomic E-state index is 0.0337. The number of pyridine rings is 1. The summed E-state index contributed by atoms with van der Waals surface area (Å²) in [7, 11) is 3.82. The fourth-order valence-electron chi connectivity index (χ4n) is 5.51. The lowest BCUT2D eigenvalue weighted by molar-refractivity contribution is -0.0752. The van der Waals surface area contributed by atoms with Crippen molar-refractivity contribution in [3.05, 3.63) is 42.6 Å². The van der Waals surface area contributed by atoms with Gasteiger partial charge in [0, 0.05) is 48.7 Å². The van der Waals surface area contributed by atoms with Crippen LogP contribution in [0.1, 0.15) is 32.3 Å². The molecule has 35 heavy (non-hydrogen) atoms. The summed E-state index contributed by atoms with van der Waals surface area (Å²) in [6.45, 7) is 11.8. The van der Waals surface area contributed by atoms with Crippen LogP contribution in [-0.4, -0.2) is 71.5 Å². The topological polar surface area (TPSA) is 81.7 Å². The number of aromatic nitrogens is 3. The minimum atomic E-state index is 0.0337. The molecule has 8 nitrogen and oxygen atoms in total. The van der Waals surface area contributed by atoms with Crippen molar-refractivity contribution in [2.45, 2.75) is 51.5 Å². The predicted molar refractivity (Wildman–Crippen MR) is 141 cm³/mol. The van der Waals surface area contributed by atoms with Gasteiger partial charge in [-0.3, -0.25) is 0 Å². The number of nitrogens with zero attached hydrogens (tertiary/aromatic N) is 5. The normalized spacial score (nSPS) is 23.2. The largest absolute Gasteiger partial charge is 0.494 e. The van der Waals surface area contributed by atoms with Crippen molar-refractivity contribution in [2.75, 3.05) is 38.7 Å². The number of nitrogens with two attached hydrogens (primary N) is 1. The smallest absolute Gasteiger partial charge is 0.145 e. The summed E-state index contributed by atoms with van der Waals surface area (Å²) in [6, 6.07) is 8.66. The van der Waals surface area contributed by atoms with Gasteiger partial charge in [0.2, 0.25) is 0 Å². The maximum atomic E-state index is 6.32. The Morgan fingerprint density at radius 3 is 2.71 bits per heavy atom. The van der Waals surface area contributed by atoms with Gasteiger partial charge in [-0.25, -0.2) is 9.97 Å². The third kappa shape index (κ3) is 4.60. The molecule has 2 saturated heterocycles. The predicted octanol–water partition coefficient (Wildman–Crippen LogP) is 3.74. The molecule has 8 heteroatoms. The fourth-order valence-corrected chi connectivity index (χ4v) is 5.51. The van der Waals surface area contributed by atoms with Crippen LogP contribution in [0.25, 0.3) is 28.1 Å². The molecular weight excluding hydrogens is 440 g/mol. The highest BCUT2D eigenvalue weighted by molar-refractivity contribution is 5.89. The van der Waals surface area contributed by atoms with Crippen LogP contribution in [0.2, 0.25) is 0 Å². The molecule has 2 aromatic heterocycles. The molecule has 2 aliphatic rings. The first-order valence-corrected chi connectivity index (χ1v) is 12.4. The average Bonchev–Trinajstić information content (AvgIpc) is 3.41. The number of anilines is 1. The zero-order chi connectivity index (χ0) is 24.7. The van der Waals surface area contributed by atoms with Crippen molar-refractivity contribution in [3.63, 3.8) is 0 Å². The molecular formula is C27H36N6O2. The van der Waals surface area contributed by atoms with E-state index in [2.05, 4.69) is 54.0 Å². The van der Waals surface area contributed by atoms with Crippen LogP contribution >= 0.6 is 0 Å². The fraction of sp³-hybridized carbons (Fsp3) is 0.481. The molecule has 2 aliphatic heterocycles. The second-order valence-corrected chi connectivity index (χ2v) is 10.00. The Bertz CT molecular complexity index is 1210. The van der Waals surface area contributed by atoms with E-state index in [1.165, 1.54) is 12.8 Å². The van der Waals surface area contributed by atoms with Crippen LogP contribution < -0.4 is 15.4 Å². The molecule has 5 rings (SSSR count). The third-order valence-corrected chi connectivity index (χ3v) is 7.15. The van der Waals surface area contributed by atoms with E-state index < -0.39 is 0 Å². The summed E-state index contributed by atoms with van der Waals surface area (Å²) >= 11 is 0. The van der Waals surface area contributed by atoms with E-state index >= 15 is 0 Å². The van der Waals surface area contributed by atoms with Crippen LogP contribution in [0.15, 0.2) is 37.0 Å². The Morgan fingerprint density at radius 2 is 2.09 bits per heavy atom. The monoisotopic (exact) mass is 476 g/mol. The molecule has 4 heterocycles. The van der Waals surface area contributed by atoms with Gasteiger partial charge in [-0.2, -0.15) is 0 Å². The maximum Gasteiger partial charge on any atom is 0.145 e. The Labute approximate surface area is 207 Å². The van der Waals surface area contributed by atoms with Crippen LogP contribution in [-0.2, 0) is 11.3 Å². The highest BCUT2D eigenvalue weighted by Gasteiger charge is 2.27. The molecule has 0 amide bonds. The Hall–Kier alpha value is -3.10. The number of imidazole rings is 1. The number of fused-ring (bicyclic) bond motifs is 1.